The van der Waals surface area contributed by atoms with E-state index in [4.69, 9.17) is 0 Å². The number of hydrogen-bond donors (Lipinski definition) is 1. The molecule has 0 atom stereocenters. The van der Waals surface area contributed by atoms with Gasteiger partial charge in [-0.3, -0.25) is 4.79 Å². The standard InChI is InChI=1S/C18H20N2O4S/c1-14-5-7-17(8-6-14)25(23,24)20-11-9-19(10-12-20)18(22)15-3-2-4-16(21)13-15/h2-8,13,21H,9-12H2,1H3. The number of aromatic hydroxyl groups is 1. The van der Waals surface area contributed by atoms with Crippen molar-refractivity contribution in [3.8, 4) is 5.75 Å². The molecule has 3 rings (SSSR count). The van der Waals surface area contributed by atoms with E-state index in [2.05, 4.69) is 0 Å². The molecule has 1 saturated heterocycles. The molecule has 1 aliphatic heterocycles. The van der Waals surface area contributed by atoms with Gasteiger partial charge in [-0.15, -0.1) is 0 Å². The Kier molecular flexibility index (Phi) is 4.78. The summed E-state index contributed by atoms with van der Waals surface area (Å²) in [5.74, 6) is -0.172. The van der Waals surface area contributed by atoms with Crippen molar-refractivity contribution in [2.45, 2.75) is 11.8 Å². The van der Waals surface area contributed by atoms with Gasteiger partial charge in [-0.25, -0.2) is 8.42 Å². The van der Waals surface area contributed by atoms with Crippen LogP contribution in [0.2, 0.25) is 0 Å². The number of benzene rings is 2. The molecular formula is C18H20N2O4S. The van der Waals surface area contributed by atoms with Crippen LogP contribution in [0.1, 0.15) is 15.9 Å². The van der Waals surface area contributed by atoms with Crippen LogP contribution in [-0.2, 0) is 10.0 Å². The fourth-order valence-corrected chi connectivity index (χ4v) is 4.23. The zero-order valence-electron chi connectivity index (χ0n) is 13.9. The highest BCUT2D eigenvalue weighted by molar-refractivity contribution is 7.89. The van der Waals surface area contributed by atoms with Crippen LogP contribution in [0.4, 0.5) is 0 Å². The molecular weight excluding hydrogens is 340 g/mol. The van der Waals surface area contributed by atoms with Gasteiger partial charge in [0.25, 0.3) is 5.91 Å². The van der Waals surface area contributed by atoms with Gasteiger partial charge in [0, 0.05) is 31.7 Å². The highest BCUT2D eigenvalue weighted by Gasteiger charge is 2.30. The molecule has 6 nitrogen and oxygen atoms in total. The van der Waals surface area contributed by atoms with Gasteiger partial charge in [0.15, 0.2) is 0 Å². The molecule has 1 fully saturated rings. The molecule has 0 saturated carbocycles. The zero-order valence-corrected chi connectivity index (χ0v) is 14.7. The van der Waals surface area contributed by atoms with Crippen molar-refractivity contribution in [2.24, 2.45) is 0 Å². The number of carbonyl (C=O) groups excluding carboxylic acids is 1. The summed E-state index contributed by atoms with van der Waals surface area (Å²) < 4.78 is 26.8. The normalized spacial score (nSPS) is 16.0. The third kappa shape index (κ3) is 3.67. The Morgan fingerprint density at radius 1 is 1.00 bits per heavy atom. The van der Waals surface area contributed by atoms with E-state index in [9.17, 15) is 18.3 Å². The van der Waals surface area contributed by atoms with E-state index in [-0.39, 0.29) is 29.6 Å². The molecule has 25 heavy (non-hydrogen) atoms. The predicted molar refractivity (Wildman–Crippen MR) is 93.9 cm³/mol. The molecule has 7 heteroatoms. The largest absolute Gasteiger partial charge is 0.508 e. The Morgan fingerprint density at radius 3 is 2.24 bits per heavy atom. The number of carbonyl (C=O) groups is 1. The monoisotopic (exact) mass is 360 g/mol. The van der Waals surface area contributed by atoms with Crippen molar-refractivity contribution in [3.05, 3.63) is 59.7 Å². The molecule has 0 unspecified atom stereocenters. The molecule has 1 aliphatic rings. The highest BCUT2D eigenvalue weighted by atomic mass is 32.2. The van der Waals surface area contributed by atoms with Crippen LogP contribution in [0.25, 0.3) is 0 Å². The maximum Gasteiger partial charge on any atom is 0.254 e. The van der Waals surface area contributed by atoms with Crippen LogP contribution < -0.4 is 0 Å². The van der Waals surface area contributed by atoms with Crippen LogP contribution in [0.5, 0.6) is 5.75 Å². The van der Waals surface area contributed by atoms with Crippen molar-refractivity contribution in [1.82, 2.24) is 9.21 Å². The summed E-state index contributed by atoms with van der Waals surface area (Å²) in [6.07, 6.45) is 0. The van der Waals surface area contributed by atoms with Crippen LogP contribution in [0.15, 0.2) is 53.4 Å². The van der Waals surface area contributed by atoms with Crippen LogP contribution in [0, 0.1) is 6.92 Å². The second-order valence-electron chi connectivity index (χ2n) is 6.06. The van der Waals surface area contributed by atoms with E-state index >= 15 is 0 Å². The van der Waals surface area contributed by atoms with Crippen molar-refractivity contribution < 1.29 is 18.3 Å². The van der Waals surface area contributed by atoms with Gasteiger partial charge < -0.3 is 10.0 Å². The molecule has 0 radical (unpaired) electrons. The van der Waals surface area contributed by atoms with E-state index in [0.29, 0.717) is 18.7 Å². The Morgan fingerprint density at radius 2 is 1.64 bits per heavy atom. The number of nitrogens with zero attached hydrogens (tertiary/aromatic N) is 2. The molecule has 132 valence electrons. The zero-order chi connectivity index (χ0) is 18.0. The first-order valence-electron chi connectivity index (χ1n) is 8.03. The lowest BCUT2D eigenvalue weighted by atomic mass is 10.2. The smallest absolute Gasteiger partial charge is 0.254 e. The maximum absolute atomic E-state index is 12.7. The van der Waals surface area contributed by atoms with Crippen LogP contribution in [0.3, 0.4) is 0 Å². The number of phenols is 1. The molecule has 1 N–H and O–H groups in total. The minimum Gasteiger partial charge on any atom is -0.508 e. The van der Waals surface area contributed by atoms with E-state index in [1.54, 1.807) is 41.3 Å². The minimum absolute atomic E-state index is 0.0337. The third-order valence-electron chi connectivity index (χ3n) is 4.28. The van der Waals surface area contributed by atoms with Gasteiger partial charge in [-0.2, -0.15) is 4.31 Å². The van der Waals surface area contributed by atoms with Gasteiger partial charge in [0.2, 0.25) is 10.0 Å². The molecule has 0 bridgehead atoms. The van der Waals surface area contributed by atoms with Gasteiger partial charge in [0.1, 0.15) is 5.75 Å². The second kappa shape index (κ2) is 6.85. The van der Waals surface area contributed by atoms with Gasteiger partial charge in [-0.05, 0) is 37.3 Å². The van der Waals surface area contributed by atoms with Crippen LogP contribution in [-0.4, -0.2) is 54.8 Å². The average Bonchev–Trinajstić information content (AvgIpc) is 2.61. The lowest BCUT2D eigenvalue weighted by Gasteiger charge is -2.34. The molecule has 2 aromatic rings. The van der Waals surface area contributed by atoms with Gasteiger partial charge >= 0.3 is 0 Å². The predicted octanol–water partition coefficient (Wildman–Crippen LogP) is 1.85. The Hall–Kier alpha value is -2.38. The Labute approximate surface area is 147 Å². The molecule has 0 aromatic heterocycles. The number of hydrogen-bond acceptors (Lipinski definition) is 4. The first-order valence-corrected chi connectivity index (χ1v) is 9.47. The fraction of sp³-hybridized carbons (Fsp3) is 0.278. The summed E-state index contributed by atoms with van der Waals surface area (Å²) in [7, 11) is -3.54. The quantitative estimate of drug-likeness (QED) is 0.906. The minimum atomic E-state index is -3.54. The van der Waals surface area contributed by atoms with Crippen molar-refractivity contribution in [1.29, 1.82) is 0 Å². The topological polar surface area (TPSA) is 77.9 Å². The second-order valence-corrected chi connectivity index (χ2v) is 8.00. The van der Waals surface area contributed by atoms with E-state index in [1.165, 1.54) is 16.4 Å². The lowest BCUT2D eigenvalue weighted by molar-refractivity contribution is 0.0697. The average molecular weight is 360 g/mol. The van der Waals surface area contributed by atoms with Crippen molar-refractivity contribution in [2.75, 3.05) is 26.2 Å². The van der Waals surface area contributed by atoms with E-state index in [0.717, 1.165) is 5.56 Å². The lowest BCUT2D eigenvalue weighted by Crippen LogP contribution is -2.50. The van der Waals surface area contributed by atoms with Crippen LogP contribution >= 0.6 is 0 Å². The molecule has 0 aliphatic carbocycles. The summed E-state index contributed by atoms with van der Waals surface area (Å²) in [5, 5.41) is 9.50. The number of sulfonamides is 1. The Bertz CT molecular complexity index is 870. The Balaban J connectivity index is 1.69. The summed E-state index contributed by atoms with van der Waals surface area (Å²) in [6, 6.07) is 12.9. The fourth-order valence-electron chi connectivity index (χ4n) is 2.81. The van der Waals surface area contributed by atoms with Crippen molar-refractivity contribution in [3.63, 3.8) is 0 Å². The number of rotatable bonds is 3. The molecule has 1 heterocycles. The molecule has 1 amide bonds. The summed E-state index contributed by atoms with van der Waals surface area (Å²) in [5.41, 5.74) is 1.40. The van der Waals surface area contributed by atoms with E-state index in [1.807, 2.05) is 6.92 Å². The number of amides is 1. The van der Waals surface area contributed by atoms with E-state index < -0.39 is 10.0 Å². The molecule has 2 aromatic carbocycles. The third-order valence-corrected chi connectivity index (χ3v) is 6.19. The number of piperazine rings is 1. The highest BCUT2D eigenvalue weighted by Crippen LogP contribution is 2.20. The summed E-state index contributed by atoms with van der Waals surface area (Å²) >= 11 is 0. The summed E-state index contributed by atoms with van der Waals surface area (Å²) in [4.78, 5) is 14.3. The van der Waals surface area contributed by atoms with Gasteiger partial charge in [0.05, 0.1) is 4.90 Å². The first-order chi connectivity index (χ1) is 11.9. The van der Waals surface area contributed by atoms with Gasteiger partial charge in [-0.1, -0.05) is 23.8 Å². The summed E-state index contributed by atoms with van der Waals surface area (Å²) in [6.45, 7) is 3.04. The SMILES string of the molecule is Cc1ccc(S(=O)(=O)N2CCN(C(=O)c3cccc(O)c3)CC2)cc1. The number of aryl methyl sites for hydroxylation is 1. The maximum atomic E-state index is 12.7. The number of phenolic OH excluding ortho intramolecular Hbond substituents is 1. The van der Waals surface area contributed by atoms with Crippen molar-refractivity contribution >= 4 is 15.9 Å². The molecule has 0 spiro atoms. The first kappa shape index (κ1) is 17.4.